The molecule has 212 valence electrons. The molecule has 0 spiro atoms. The summed E-state index contributed by atoms with van der Waals surface area (Å²) in [6.45, 7) is 0. The van der Waals surface area contributed by atoms with Gasteiger partial charge in [0.25, 0.3) is 0 Å². The Labute approximate surface area is 259 Å². The number of imidazole rings is 1. The lowest BCUT2D eigenvalue weighted by molar-refractivity contribution is 0.836. The summed E-state index contributed by atoms with van der Waals surface area (Å²) in [7, 11) is 1.85. The van der Waals surface area contributed by atoms with Crippen molar-refractivity contribution in [1.82, 2.24) is 14.0 Å². The Morgan fingerprint density at radius 1 is 0.467 bits per heavy atom. The second kappa shape index (κ2) is 9.76. The minimum absolute atomic E-state index is 0.105. The summed E-state index contributed by atoms with van der Waals surface area (Å²) < 4.78 is 3.47. The van der Waals surface area contributed by atoms with E-state index in [1.165, 1.54) is 43.8 Å². The van der Waals surface area contributed by atoms with Gasteiger partial charge in [-0.3, -0.25) is 4.57 Å². The largest absolute Gasteiger partial charge is 0.334 e. The monoisotopic (exact) mass is 577 g/mol. The molecular formula is C41H27N3O. The van der Waals surface area contributed by atoms with Crippen LogP contribution in [0.3, 0.4) is 0 Å². The van der Waals surface area contributed by atoms with E-state index in [9.17, 15) is 4.79 Å². The number of rotatable bonds is 3. The van der Waals surface area contributed by atoms with Gasteiger partial charge in [-0.05, 0) is 85.3 Å². The van der Waals surface area contributed by atoms with Crippen LogP contribution >= 0.6 is 0 Å². The topological polar surface area (TPSA) is 39.3 Å². The van der Waals surface area contributed by atoms with Gasteiger partial charge < -0.3 is 0 Å². The van der Waals surface area contributed by atoms with E-state index in [1.54, 1.807) is 8.97 Å². The molecule has 0 saturated heterocycles. The highest BCUT2D eigenvalue weighted by Crippen LogP contribution is 2.44. The first kappa shape index (κ1) is 25.5. The van der Waals surface area contributed by atoms with Crippen molar-refractivity contribution in [3.05, 3.63) is 156 Å². The molecule has 0 aliphatic rings. The average molecular weight is 578 g/mol. The summed E-state index contributed by atoms with van der Waals surface area (Å²) in [5.41, 5.74) is 10.1. The quantitative estimate of drug-likeness (QED) is 0.196. The third-order valence-corrected chi connectivity index (χ3v) is 9.12. The second-order valence-corrected chi connectivity index (χ2v) is 11.6. The maximum Gasteiger partial charge on any atom is 0.334 e. The zero-order chi connectivity index (χ0) is 30.1. The van der Waals surface area contributed by atoms with Gasteiger partial charge in [0.05, 0.1) is 16.6 Å². The smallest absolute Gasteiger partial charge is 0.296 e. The van der Waals surface area contributed by atoms with Crippen molar-refractivity contribution < 1.29 is 0 Å². The summed E-state index contributed by atoms with van der Waals surface area (Å²) in [6, 6.07) is 51.0. The molecular weight excluding hydrogens is 550 g/mol. The predicted molar refractivity (Wildman–Crippen MR) is 187 cm³/mol. The molecule has 9 aromatic rings. The highest BCUT2D eigenvalue weighted by atomic mass is 16.1. The molecule has 45 heavy (non-hydrogen) atoms. The molecule has 0 N–H and O–H groups in total. The van der Waals surface area contributed by atoms with E-state index in [0.717, 1.165) is 33.1 Å². The summed E-state index contributed by atoms with van der Waals surface area (Å²) in [4.78, 5) is 18.6. The number of hydrogen-bond acceptors (Lipinski definition) is 2. The molecule has 0 bridgehead atoms. The predicted octanol–water partition coefficient (Wildman–Crippen LogP) is 9.65. The fourth-order valence-electron chi connectivity index (χ4n) is 7.04. The average Bonchev–Trinajstić information content (AvgIpc) is 3.50. The highest BCUT2D eigenvalue weighted by molar-refractivity contribution is 6.22. The third kappa shape index (κ3) is 3.79. The van der Waals surface area contributed by atoms with Crippen LogP contribution in [0.4, 0.5) is 0 Å². The maximum absolute atomic E-state index is 13.7. The summed E-state index contributed by atoms with van der Waals surface area (Å²) in [5, 5.41) is 5.68. The number of aromatic nitrogens is 3. The van der Waals surface area contributed by atoms with Crippen LogP contribution in [0.15, 0.2) is 150 Å². The molecule has 0 amide bonds. The highest BCUT2D eigenvalue weighted by Gasteiger charge is 2.19. The van der Waals surface area contributed by atoms with Crippen LogP contribution in [0.5, 0.6) is 0 Å². The van der Waals surface area contributed by atoms with Crippen molar-refractivity contribution in [1.29, 1.82) is 0 Å². The van der Waals surface area contributed by atoms with Gasteiger partial charge in [-0.1, -0.05) is 115 Å². The van der Waals surface area contributed by atoms with E-state index in [1.807, 2.05) is 31.3 Å². The first-order valence-electron chi connectivity index (χ1n) is 15.2. The van der Waals surface area contributed by atoms with E-state index >= 15 is 0 Å². The molecule has 0 fully saturated rings. The van der Waals surface area contributed by atoms with Gasteiger partial charge in [0.15, 0.2) is 5.65 Å². The molecule has 9 rings (SSSR count). The Balaban J connectivity index is 1.34. The Bertz CT molecular complexity index is 2630. The lowest BCUT2D eigenvalue weighted by Gasteiger charge is -2.19. The third-order valence-electron chi connectivity index (χ3n) is 9.12. The first-order chi connectivity index (χ1) is 22.2. The minimum atomic E-state index is -0.105. The number of para-hydroxylation sites is 2. The van der Waals surface area contributed by atoms with Gasteiger partial charge in [-0.2, -0.15) is 0 Å². The molecule has 0 radical (unpaired) electrons. The Morgan fingerprint density at radius 3 is 1.71 bits per heavy atom. The molecule has 2 aromatic heterocycles. The van der Waals surface area contributed by atoms with Crippen LogP contribution in [0, 0.1) is 0 Å². The van der Waals surface area contributed by atoms with Crippen molar-refractivity contribution in [3.63, 3.8) is 0 Å². The van der Waals surface area contributed by atoms with Gasteiger partial charge in [0.1, 0.15) is 0 Å². The molecule has 0 aliphatic heterocycles. The van der Waals surface area contributed by atoms with Crippen molar-refractivity contribution in [2.24, 2.45) is 7.05 Å². The van der Waals surface area contributed by atoms with Gasteiger partial charge in [0, 0.05) is 12.4 Å². The van der Waals surface area contributed by atoms with Crippen molar-refractivity contribution >= 4 is 49.1 Å². The van der Waals surface area contributed by atoms with Gasteiger partial charge in [-0.25, -0.2) is 14.2 Å². The van der Waals surface area contributed by atoms with E-state index in [4.69, 9.17) is 4.98 Å². The van der Waals surface area contributed by atoms with Crippen molar-refractivity contribution in [2.75, 3.05) is 0 Å². The molecule has 4 heteroatoms. The zero-order valence-electron chi connectivity index (χ0n) is 24.6. The van der Waals surface area contributed by atoms with Crippen molar-refractivity contribution in [2.45, 2.75) is 0 Å². The van der Waals surface area contributed by atoms with E-state index in [-0.39, 0.29) is 5.69 Å². The van der Waals surface area contributed by atoms with Gasteiger partial charge in [-0.15, -0.1) is 0 Å². The molecule has 0 aliphatic carbocycles. The van der Waals surface area contributed by atoms with Crippen LogP contribution in [0.1, 0.15) is 0 Å². The Kier molecular flexibility index (Phi) is 5.53. The van der Waals surface area contributed by atoms with Crippen LogP contribution in [0.2, 0.25) is 0 Å². The number of nitrogens with zero attached hydrogens (tertiary/aromatic N) is 3. The number of aryl methyl sites for hydroxylation is 1. The van der Waals surface area contributed by atoms with E-state index in [2.05, 4.69) is 121 Å². The second-order valence-electron chi connectivity index (χ2n) is 11.6. The van der Waals surface area contributed by atoms with Crippen LogP contribution in [-0.4, -0.2) is 14.0 Å². The fourth-order valence-corrected chi connectivity index (χ4v) is 7.04. The molecule has 4 nitrogen and oxygen atoms in total. The summed E-state index contributed by atoms with van der Waals surface area (Å²) in [6.07, 6.45) is 0. The molecule has 0 atom stereocenters. The molecule has 2 heterocycles. The first-order valence-corrected chi connectivity index (χ1v) is 15.2. The summed E-state index contributed by atoms with van der Waals surface area (Å²) in [5.74, 6) is 0. The number of fused-ring (bicyclic) bond motifs is 7. The van der Waals surface area contributed by atoms with E-state index in [0.29, 0.717) is 5.65 Å². The fraction of sp³-hybridized carbons (Fsp3) is 0.0244. The molecule has 7 aromatic carbocycles. The van der Waals surface area contributed by atoms with Crippen molar-refractivity contribution in [3.8, 4) is 33.4 Å². The number of hydrogen-bond donors (Lipinski definition) is 0. The summed E-state index contributed by atoms with van der Waals surface area (Å²) >= 11 is 0. The lowest BCUT2D eigenvalue weighted by Crippen LogP contribution is -2.24. The molecule has 0 saturated carbocycles. The molecule has 0 unspecified atom stereocenters. The normalized spacial score (nSPS) is 11.8. The van der Waals surface area contributed by atoms with Gasteiger partial charge >= 0.3 is 5.69 Å². The van der Waals surface area contributed by atoms with Crippen LogP contribution < -0.4 is 5.69 Å². The standard InChI is InChI=1S/C41H27N3O/c1-43-37-25-29(22-23-34(37)40-42-35-20-9-10-21-36(35)44(40)41(43)45)39-32-18-7-5-16-30(32)38(31-17-6-8-19-33(31)39)28-15-11-14-27(24-28)26-12-3-2-4-13-26/h2-25H,1H3. The number of benzene rings is 7. The van der Waals surface area contributed by atoms with Crippen LogP contribution in [-0.2, 0) is 7.05 Å². The van der Waals surface area contributed by atoms with Crippen LogP contribution in [0.25, 0.3) is 82.5 Å². The van der Waals surface area contributed by atoms with Gasteiger partial charge in [0.2, 0.25) is 0 Å². The SMILES string of the molecule is Cn1c(=O)n2c3ccccc3nc2c2ccc(-c3c4ccccc4c(-c4cccc(-c5ccccc5)c4)c4ccccc34)cc21. The van der Waals surface area contributed by atoms with E-state index < -0.39 is 0 Å². The minimum Gasteiger partial charge on any atom is -0.296 e. The Hall–Kier alpha value is -6.00. The zero-order valence-corrected chi connectivity index (χ0v) is 24.6. The maximum atomic E-state index is 13.7. The lowest BCUT2D eigenvalue weighted by atomic mass is 9.85. The Morgan fingerprint density at radius 2 is 1.02 bits per heavy atom.